The Morgan fingerprint density at radius 2 is 1.65 bits per heavy atom. The van der Waals surface area contributed by atoms with Crippen molar-refractivity contribution in [3.05, 3.63) is 71.0 Å². The number of carbonyl (C=O) groups excluding carboxylic acids is 1. The first-order chi connectivity index (χ1) is 12.2. The van der Waals surface area contributed by atoms with E-state index in [1.807, 2.05) is 0 Å². The molecule has 1 amide bonds. The number of halogens is 3. The number of hydrogen-bond acceptors (Lipinski definition) is 2. The van der Waals surface area contributed by atoms with Gasteiger partial charge in [0.25, 0.3) is 0 Å². The van der Waals surface area contributed by atoms with Gasteiger partial charge in [0.2, 0.25) is 5.91 Å². The first-order valence-electron chi connectivity index (χ1n) is 7.99. The van der Waals surface area contributed by atoms with Crippen molar-refractivity contribution in [3.63, 3.8) is 0 Å². The standard InChI is InChI=1S/C19H16F3NO3/c1-19(18(25)26,10-5-7-11(20)8-6-10)23-17(24)13-9-12(13)16-14(21)3-2-4-15(16)22/h2-8,12-13H,9H2,1H3,(H,23,24)(H,25,26). The number of aliphatic carboxylic acids is 1. The number of hydrogen-bond donors (Lipinski definition) is 2. The predicted molar refractivity (Wildman–Crippen MR) is 86.7 cm³/mol. The number of rotatable bonds is 5. The molecular weight excluding hydrogens is 347 g/mol. The van der Waals surface area contributed by atoms with E-state index in [-0.39, 0.29) is 17.5 Å². The van der Waals surface area contributed by atoms with E-state index < -0.39 is 46.7 Å². The molecule has 0 spiro atoms. The molecule has 7 heteroatoms. The minimum atomic E-state index is -1.79. The average Bonchev–Trinajstić information content (AvgIpc) is 3.35. The topological polar surface area (TPSA) is 66.4 Å². The van der Waals surface area contributed by atoms with Crippen LogP contribution in [0.4, 0.5) is 13.2 Å². The molecule has 1 fully saturated rings. The largest absolute Gasteiger partial charge is 0.479 e. The van der Waals surface area contributed by atoms with Crippen molar-refractivity contribution in [1.29, 1.82) is 0 Å². The molecule has 0 aliphatic heterocycles. The number of carboxylic acids is 1. The minimum Gasteiger partial charge on any atom is -0.479 e. The third kappa shape index (κ3) is 3.16. The molecule has 1 aliphatic carbocycles. The maximum atomic E-state index is 13.8. The Balaban J connectivity index is 1.80. The maximum absolute atomic E-state index is 13.8. The van der Waals surface area contributed by atoms with E-state index in [1.54, 1.807) is 0 Å². The van der Waals surface area contributed by atoms with Gasteiger partial charge in [0.05, 0.1) is 0 Å². The van der Waals surface area contributed by atoms with E-state index in [1.165, 1.54) is 25.1 Å². The molecule has 2 aromatic rings. The smallest absolute Gasteiger partial charge is 0.333 e. The van der Waals surface area contributed by atoms with Gasteiger partial charge in [-0.1, -0.05) is 18.2 Å². The molecule has 0 radical (unpaired) electrons. The highest BCUT2D eigenvalue weighted by molar-refractivity contribution is 5.90. The van der Waals surface area contributed by atoms with E-state index in [0.29, 0.717) is 0 Å². The molecular formula is C19H16F3NO3. The van der Waals surface area contributed by atoms with Gasteiger partial charge < -0.3 is 10.4 Å². The Morgan fingerprint density at radius 3 is 2.19 bits per heavy atom. The van der Waals surface area contributed by atoms with Gasteiger partial charge in [0.1, 0.15) is 17.5 Å². The lowest BCUT2D eigenvalue weighted by Crippen LogP contribution is -2.50. The van der Waals surface area contributed by atoms with Gasteiger partial charge >= 0.3 is 5.97 Å². The average molecular weight is 363 g/mol. The van der Waals surface area contributed by atoms with Crippen LogP contribution in [-0.4, -0.2) is 17.0 Å². The number of carbonyl (C=O) groups is 2. The summed E-state index contributed by atoms with van der Waals surface area (Å²) in [4.78, 5) is 24.2. The molecule has 136 valence electrons. The molecule has 2 aromatic carbocycles. The summed E-state index contributed by atoms with van der Waals surface area (Å²) in [5.41, 5.74) is -1.76. The summed E-state index contributed by atoms with van der Waals surface area (Å²) < 4.78 is 40.8. The van der Waals surface area contributed by atoms with Crippen LogP contribution in [0.25, 0.3) is 0 Å². The van der Waals surface area contributed by atoms with Crippen LogP contribution in [0.15, 0.2) is 42.5 Å². The summed E-state index contributed by atoms with van der Waals surface area (Å²) >= 11 is 0. The summed E-state index contributed by atoms with van der Waals surface area (Å²) in [6.07, 6.45) is 0.225. The molecule has 1 saturated carbocycles. The van der Waals surface area contributed by atoms with E-state index >= 15 is 0 Å². The molecule has 1 aliphatic rings. The van der Waals surface area contributed by atoms with Crippen molar-refractivity contribution in [3.8, 4) is 0 Å². The number of nitrogens with one attached hydrogen (secondary N) is 1. The number of carboxylic acid groups (broad SMARTS) is 1. The van der Waals surface area contributed by atoms with Crippen molar-refractivity contribution < 1.29 is 27.9 Å². The van der Waals surface area contributed by atoms with Crippen molar-refractivity contribution >= 4 is 11.9 Å². The van der Waals surface area contributed by atoms with Crippen LogP contribution < -0.4 is 5.32 Å². The van der Waals surface area contributed by atoms with Gasteiger partial charge in [-0.15, -0.1) is 0 Å². The Hall–Kier alpha value is -2.83. The van der Waals surface area contributed by atoms with Gasteiger partial charge in [-0.25, -0.2) is 18.0 Å². The van der Waals surface area contributed by atoms with Crippen LogP contribution >= 0.6 is 0 Å². The SMILES string of the molecule is CC(NC(=O)C1CC1c1c(F)cccc1F)(C(=O)O)c1ccc(F)cc1. The number of benzene rings is 2. The molecule has 0 heterocycles. The fourth-order valence-electron chi connectivity index (χ4n) is 3.04. The van der Waals surface area contributed by atoms with Crippen molar-refractivity contribution in [2.75, 3.05) is 0 Å². The van der Waals surface area contributed by atoms with E-state index in [4.69, 9.17) is 0 Å². The second-order valence-corrected chi connectivity index (χ2v) is 6.51. The Bertz CT molecular complexity index is 849. The van der Waals surface area contributed by atoms with E-state index in [2.05, 4.69) is 5.32 Å². The Kier molecular flexibility index (Phi) is 4.48. The molecule has 3 rings (SSSR count). The normalized spacial score (nSPS) is 20.9. The van der Waals surface area contributed by atoms with Crippen molar-refractivity contribution in [1.82, 2.24) is 5.32 Å². The third-order valence-corrected chi connectivity index (χ3v) is 4.72. The monoisotopic (exact) mass is 363 g/mol. The molecule has 0 bridgehead atoms. The van der Waals surface area contributed by atoms with Crippen LogP contribution in [0.2, 0.25) is 0 Å². The van der Waals surface area contributed by atoms with Gasteiger partial charge in [0, 0.05) is 17.4 Å². The second kappa shape index (κ2) is 6.48. The second-order valence-electron chi connectivity index (χ2n) is 6.51. The lowest BCUT2D eigenvalue weighted by Gasteiger charge is -2.27. The molecule has 3 atom stereocenters. The fourth-order valence-corrected chi connectivity index (χ4v) is 3.04. The zero-order valence-electron chi connectivity index (χ0n) is 13.8. The minimum absolute atomic E-state index is 0.161. The molecule has 0 saturated heterocycles. The Morgan fingerprint density at radius 1 is 1.08 bits per heavy atom. The van der Waals surface area contributed by atoms with E-state index in [0.717, 1.165) is 24.3 Å². The zero-order chi connectivity index (χ0) is 19.1. The van der Waals surface area contributed by atoms with Crippen LogP contribution in [0.3, 0.4) is 0 Å². The van der Waals surface area contributed by atoms with Crippen molar-refractivity contribution in [2.24, 2.45) is 5.92 Å². The van der Waals surface area contributed by atoms with Crippen molar-refractivity contribution in [2.45, 2.75) is 24.8 Å². The summed E-state index contributed by atoms with van der Waals surface area (Å²) in [5, 5.41) is 12.0. The van der Waals surface area contributed by atoms with E-state index in [9.17, 15) is 27.9 Å². The van der Waals surface area contributed by atoms with Crippen LogP contribution in [0.5, 0.6) is 0 Å². The summed E-state index contributed by atoms with van der Waals surface area (Å²) in [5.74, 6) is -5.30. The summed E-state index contributed by atoms with van der Waals surface area (Å²) in [6, 6.07) is 8.20. The predicted octanol–water partition coefficient (Wildman–Crippen LogP) is 3.32. The van der Waals surface area contributed by atoms with Gasteiger partial charge in [0.15, 0.2) is 5.54 Å². The molecule has 4 nitrogen and oxygen atoms in total. The molecule has 3 unspecified atom stereocenters. The van der Waals surface area contributed by atoms with Crippen LogP contribution in [0.1, 0.15) is 30.4 Å². The van der Waals surface area contributed by atoms with Gasteiger partial charge in [-0.05, 0) is 43.2 Å². The fraction of sp³-hybridized carbons (Fsp3) is 0.263. The highest BCUT2D eigenvalue weighted by Gasteiger charge is 2.49. The quantitative estimate of drug-likeness (QED) is 0.856. The molecule has 0 aromatic heterocycles. The molecule has 26 heavy (non-hydrogen) atoms. The lowest BCUT2D eigenvalue weighted by molar-refractivity contribution is -0.147. The Labute approximate surface area is 147 Å². The van der Waals surface area contributed by atoms with Crippen LogP contribution in [0, 0.1) is 23.4 Å². The van der Waals surface area contributed by atoms with Crippen LogP contribution in [-0.2, 0) is 15.1 Å². The van der Waals surface area contributed by atoms with Gasteiger partial charge in [-0.3, -0.25) is 4.79 Å². The first-order valence-corrected chi connectivity index (χ1v) is 7.99. The molecule has 2 N–H and O–H groups in total. The van der Waals surface area contributed by atoms with Gasteiger partial charge in [-0.2, -0.15) is 0 Å². The maximum Gasteiger partial charge on any atom is 0.333 e. The lowest BCUT2D eigenvalue weighted by atomic mass is 9.91. The summed E-state index contributed by atoms with van der Waals surface area (Å²) in [6.45, 7) is 1.28. The number of amides is 1. The summed E-state index contributed by atoms with van der Waals surface area (Å²) in [7, 11) is 0. The third-order valence-electron chi connectivity index (χ3n) is 4.72. The highest BCUT2D eigenvalue weighted by Crippen LogP contribution is 2.49. The zero-order valence-corrected chi connectivity index (χ0v) is 13.8. The highest BCUT2D eigenvalue weighted by atomic mass is 19.1. The first kappa shape index (κ1) is 18.0.